The van der Waals surface area contributed by atoms with Crippen molar-refractivity contribution in [3.05, 3.63) is 91.4 Å². The summed E-state index contributed by atoms with van der Waals surface area (Å²) in [5, 5.41) is 3.70. The van der Waals surface area contributed by atoms with Gasteiger partial charge in [-0.2, -0.15) is 0 Å². The molecule has 0 radical (unpaired) electrons. The number of aromatic nitrogens is 2. The highest BCUT2D eigenvalue weighted by Gasteiger charge is 2.51. The van der Waals surface area contributed by atoms with Crippen LogP contribution in [0.25, 0.3) is 38.5 Å². The van der Waals surface area contributed by atoms with E-state index in [0.717, 1.165) is 16.7 Å². The number of benzene rings is 3. The van der Waals surface area contributed by atoms with Crippen molar-refractivity contribution in [3.8, 4) is 16.8 Å². The zero-order valence-corrected chi connectivity index (χ0v) is 19.9. The fourth-order valence-corrected chi connectivity index (χ4v) is 4.78. The van der Waals surface area contributed by atoms with Gasteiger partial charge in [-0.1, -0.05) is 54.6 Å². The van der Waals surface area contributed by atoms with Crippen LogP contribution in [0.15, 0.2) is 91.4 Å². The van der Waals surface area contributed by atoms with Gasteiger partial charge in [-0.3, -0.25) is 4.98 Å². The van der Waals surface area contributed by atoms with Crippen molar-refractivity contribution >= 4 is 34.3 Å². The highest BCUT2D eigenvalue weighted by atomic mass is 16.7. The van der Waals surface area contributed by atoms with Gasteiger partial charge in [0.25, 0.3) is 0 Å². The number of pyridine rings is 1. The molecule has 2 aromatic heterocycles. The lowest BCUT2D eigenvalue weighted by Gasteiger charge is -2.32. The maximum atomic E-state index is 6.34. The minimum atomic E-state index is -0.393. The Morgan fingerprint density at radius 2 is 1.53 bits per heavy atom. The van der Waals surface area contributed by atoms with Crippen molar-refractivity contribution in [1.29, 1.82) is 0 Å². The summed E-state index contributed by atoms with van der Waals surface area (Å²) in [7, 11) is -0.393. The smallest absolute Gasteiger partial charge is 0.399 e. The Labute approximate surface area is 200 Å². The zero-order chi connectivity index (χ0) is 23.5. The van der Waals surface area contributed by atoms with Crippen LogP contribution in [-0.2, 0) is 9.31 Å². The molecule has 1 fully saturated rings. The van der Waals surface area contributed by atoms with E-state index >= 15 is 0 Å². The van der Waals surface area contributed by atoms with Gasteiger partial charge in [-0.15, -0.1) is 0 Å². The lowest BCUT2D eigenvalue weighted by Crippen LogP contribution is -2.41. The largest absolute Gasteiger partial charge is 0.494 e. The van der Waals surface area contributed by atoms with E-state index in [4.69, 9.17) is 9.31 Å². The molecule has 0 unspecified atom stereocenters. The van der Waals surface area contributed by atoms with E-state index in [1.807, 2.05) is 24.5 Å². The molecule has 4 nitrogen and oxygen atoms in total. The van der Waals surface area contributed by atoms with E-state index in [0.29, 0.717) is 0 Å². The maximum absolute atomic E-state index is 6.34. The molecule has 1 aliphatic heterocycles. The van der Waals surface area contributed by atoms with Crippen LogP contribution in [-0.4, -0.2) is 27.9 Å². The lowest BCUT2D eigenvalue weighted by molar-refractivity contribution is 0.00578. The van der Waals surface area contributed by atoms with Crippen LogP contribution in [0.3, 0.4) is 0 Å². The lowest BCUT2D eigenvalue weighted by atomic mass is 9.78. The normalized spacial score (nSPS) is 17.0. The van der Waals surface area contributed by atoms with Gasteiger partial charge < -0.3 is 13.9 Å². The van der Waals surface area contributed by atoms with E-state index in [1.165, 1.54) is 27.2 Å². The second kappa shape index (κ2) is 7.56. The van der Waals surface area contributed by atoms with E-state index in [-0.39, 0.29) is 11.2 Å². The van der Waals surface area contributed by atoms with Crippen molar-refractivity contribution in [2.45, 2.75) is 38.9 Å². The predicted molar refractivity (Wildman–Crippen MR) is 140 cm³/mol. The molecule has 0 spiro atoms. The standard InChI is InChI=1S/C29H27BN2O2/c1-28(2)29(3,4)34-30(33-28)22-10-7-9-21(18-22)25-19-32(23-14-16-31-17-15-23)26-13-12-20-8-5-6-11-24(20)27(25)26/h5-19H,1-4H3. The Bertz CT molecular complexity index is 1510. The van der Waals surface area contributed by atoms with Crippen LogP contribution in [0.5, 0.6) is 0 Å². The molecule has 0 bridgehead atoms. The van der Waals surface area contributed by atoms with Gasteiger partial charge in [-0.25, -0.2) is 0 Å². The molecule has 3 heterocycles. The third kappa shape index (κ3) is 3.27. The highest BCUT2D eigenvalue weighted by Crippen LogP contribution is 2.39. The highest BCUT2D eigenvalue weighted by molar-refractivity contribution is 6.62. The minimum absolute atomic E-state index is 0.374. The van der Waals surface area contributed by atoms with Crippen LogP contribution in [0.1, 0.15) is 27.7 Å². The molecule has 0 saturated carbocycles. The van der Waals surface area contributed by atoms with Gasteiger partial charge in [-0.05, 0) is 67.7 Å². The first-order valence-electron chi connectivity index (χ1n) is 11.7. The first-order chi connectivity index (χ1) is 16.3. The molecular weight excluding hydrogens is 419 g/mol. The third-order valence-corrected chi connectivity index (χ3v) is 7.36. The van der Waals surface area contributed by atoms with Gasteiger partial charge in [0.1, 0.15) is 0 Å². The number of hydrogen-bond donors (Lipinski definition) is 0. The second-order valence-corrected chi connectivity index (χ2v) is 10.0. The van der Waals surface area contributed by atoms with Crippen LogP contribution < -0.4 is 5.46 Å². The van der Waals surface area contributed by atoms with Gasteiger partial charge in [0.2, 0.25) is 0 Å². The molecule has 34 heavy (non-hydrogen) atoms. The Kier molecular flexibility index (Phi) is 4.70. The predicted octanol–water partition coefficient (Wildman–Crippen LogP) is 6.14. The van der Waals surface area contributed by atoms with Crippen LogP contribution in [0, 0.1) is 0 Å². The van der Waals surface area contributed by atoms with E-state index < -0.39 is 7.12 Å². The summed E-state index contributed by atoms with van der Waals surface area (Å²) >= 11 is 0. The summed E-state index contributed by atoms with van der Waals surface area (Å²) in [6.07, 6.45) is 5.90. The Morgan fingerprint density at radius 1 is 0.794 bits per heavy atom. The average molecular weight is 446 g/mol. The Morgan fingerprint density at radius 3 is 2.29 bits per heavy atom. The maximum Gasteiger partial charge on any atom is 0.494 e. The molecule has 1 aliphatic rings. The molecular formula is C29H27BN2O2. The van der Waals surface area contributed by atoms with Gasteiger partial charge in [0.15, 0.2) is 0 Å². The number of hydrogen-bond acceptors (Lipinski definition) is 3. The summed E-state index contributed by atoms with van der Waals surface area (Å²) in [6.45, 7) is 8.35. The van der Waals surface area contributed by atoms with Crippen molar-refractivity contribution in [2.24, 2.45) is 0 Å². The van der Waals surface area contributed by atoms with Crippen molar-refractivity contribution in [1.82, 2.24) is 9.55 Å². The molecule has 0 amide bonds. The summed E-state index contributed by atoms with van der Waals surface area (Å²) in [4.78, 5) is 4.20. The summed E-state index contributed by atoms with van der Waals surface area (Å²) in [5.74, 6) is 0. The fourth-order valence-electron chi connectivity index (χ4n) is 4.78. The van der Waals surface area contributed by atoms with Gasteiger partial charge in [0.05, 0.1) is 16.7 Å². The first kappa shape index (κ1) is 21.1. The van der Waals surface area contributed by atoms with Crippen molar-refractivity contribution in [2.75, 3.05) is 0 Å². The van der Waals surface area contributed by atoms with E-state index in [2.05, 4.69) is 104 Å². The molecule has 0 N–H and O–H groups in total. The fraction of sp³-hybridized carbons (Fsp3) is 0.207. The second-order valence-electron chi connectivity index (χ2n) is 10.0. The Hall–Kier alpha value is -3.41. The molecule has 5 aromatic rings. The Balaban J connectivity index is 1.56. The zero-order valence-electron chi connectivity index (χ0n) is 19.9. The molecule has 0 atom stereocenters. The first-order valence-corrected chi connectivity index (χ1v) is 11.7. The van der Waals surface area contributed by atoms with Crippen LogP contribution >= 0.6 is 0 Å². The SMILES string of the molecule is CC1(C)OB(c2cccc(-c3cn(-c4ccncc4)c4ccc5ccccc5c34)c2)OC1(C)C. The number of fused-ring (bicyclic) bond motifs is 3. The summed E-state index contributed by atoms with van der Waals surface area (Å²) < 4.78 is 14.9. The van der Waals surface area contributed by atoms with Gasteiger partial charge in [0, 0.05) is 35.2 Å². The van der Waals surface area contributed by atoms with Crippen molar-refractivity contribution in [3.63, 3.8) is 0 Å². The topological polar surface area (TPSA) is 36.3 Å². The molecule has 3 aromatic carbocycles. The molecule has 6 rings (SSSR count). The van der Waals surface area contributed by atoms with Crippen molar-refractivity contribution < 1.29 is 9.31 Å². The minimum Gasteiger partial charge on any atom is -0.399 e. The monoisotopic (exact) mass is 446 g/mol. The third-order valence-electron chi connectivity index (χ3n) is 7.36. The van der Waals surface area contributed by atoms with E-state index in [1.54, 1.807) is 0 Å². The number of rotatable bonds is 3. The quantitative estimate of drug-likeness (QED) is 0.312. The molecule has 5 heteroatoms. The van der Waals surface area contributed by atoms with Gasteiger partial charge >= 0.3 is 7.12 Å². The van der Waals surface area contributed by atoms with Crippen LogP contribution in [0.4, 0.5) is 0 Å². The molecule has 1 saturated heterocycles. The number of nitrogens with zero attached hydrogens (tertiary/aromatic N) is 2. The molecule has 0 aliphatic carbocycles. The average Bonchev–Trinajstić information content (AvgIpc) is 3.34. The summed E-state index contributed by atoms with van der Waals surface area (Å²) in [6, 6.07) is 25.6. The van der Waals surface area contributed by atoms with E-state index in [9.17, 15) is 0 Å². The van der Waals surface area contributed by atoms with Crippen LogP contribution in [0.2, 0.25) is 0 Å². The summed E-state index contributed by atoms with van der Waals surface area (Å²) in [5.41, 5.74) is 4.86. The molecule has 168 valence electrons.